The summed E-state index contributed by atoms with van der Waals surface area (Å²) in [6, 6.07) is 14.9. The van der Waals surface area contributed by atoms with Crippen LogP contribution in [0.25, 0.3) is 10.9 Å². The predicted octanol–water partition coefficient (Wildman–Crippen LogP) is 3.22. The maximum atomic E-state index is 11.2. The number of likely N-dealkylation sites (N-methyl/N-ethyl adjacent to an activating group) is 1. The number of carbonyl (C=O) groups excluding carboxylic acids is 1. The number of nitrogens with one attached hydrogen (secondary N) is 1. The quantitative estimate of drug-likeness (QED) is 0.384. The van der Waals surface area contributed by atoms with E-state index in [4.69, 9.17) is 17.4 Å². The summed E-state index contributed by atoms with van der Waals surface area (Å²) in [5.41, 5.74) is 5.96. The van der Waals surface area contributed by atoms with Crippen molar-refractivity contribution < 1.29 is 4.79 Å². The van der Waals surface area contributed by atoms with Crippen LogP contribution in [0.5, 0.6) is 0 Å². The van der Waals surface area contributed by atoms with Gasteiger partial charge in [-0.05, 0) is 48.7 Å². The largest absolute Gasteiger partial charge is 0.373 e. The molecule has 32 heavy (non-hydrogen) atoms. The highest BCUT2D eigenvalue weighted by Gasteiger charge is 2.22. The van der Waals surface area contributed by atoms with E-state index in [0.29, 0.717) is 12.6 Å². The van der Waals surface area contributed by atoms with Crippen molar-refractivity contribution in [2.45, 2.75) is 32.4 Å². The van der Waals surface area contributed by atoms with E-state index in [1.54, 1.807) is 0 Å². The molecule has 2 heterocycles. The smallest absolute Gasteiger partial charge is 0.133 e. The summed E-state index contributed by atoms with van der Waals surface area (Å²) in [5, 5.41) is 5.50. The minimum atomic E-state index is 0.435. The number of nitrogens with zero attached hydrogens (tertiary/aromatic N) is 3. The maximum absolute atomic E-state index is 11.2. The summed E-state index contributed by atoms with van der Waals surface area (Å²) in [7, 11) is 2.09. The van der Waals surface area contributed by atoms with Gasteiger partial charge in [0, 0.05) is 67.5 Å². The lowest BCUT2D eigenvalue weighted by Gasteiger charge is -2.25. The SMILES string of the molecule is CC1Cc2c(c3ccc(N(C)CCN(CC=O)CCc4ccc(Cl)cc4)cc3n2N)CN1. The standard InChI is InChI=1S/C25H32ClN5O/c1-18-15-24-23(17-28-18)22-8-7-21(16-25(22)31(24)27)29(2)11-12-30(13-14-32)10-9-19-3-5-20(26)6-4-19/h3-8,14,16,18,28H,9-13,15,17,27H2,1-2H3. The number of hydrogen-bond donors (Lipinski definition) is 2. The van der Waals surface area contributed by atoms with Gasteiger partial charge in [0.15, 0.2) is 0 Å². The van der Waals surface area contributed by atoms with Crippen LogP contribution in [0.2, 0.25) is 5.02 Å². The third-order valence-corrected chi connectivity index (χ3v) is 6.74. The number of aldehydes is 1. The van der Waals surface area contributed by atoms with Crippen LogP contribution < -0.4 is 16.1 Å². The summed E-state index contributed by atoms with van der Waals surface area (Å²) in [5.74, 6) is 6.47. The highest BCUT2D eigenvalue weighted by molar-refractivity contribution is 6.30. The van der Waals surface area contributed by atoms with Crippen LogP contribution in [0.3, 0.4) is 0 Å². The first-order valence-electron chi connectivity index (χ1n) is 11.2. The molecule has 0 aliphatic carbocycles. The average Bonchev–Trinajstić information content (AvgIpc) is 3.07. The number of carbonyl (C=O) groups is 1. The normalized spacial score (nSPS) is 15.8. The second-order valence-electron chi connectivity index (χ2n) is 8.75. The third kappa shape index (κ3) is 4.93. The molecule has 2 aromatic carbocycles. The lowest BCUT2D eigenvalue weighted by atomic mass is 10.0. The van der Waals surface area contributed by atoms with E-state index in [2.05, 4.69) is 47.3 Å². The Labute approximate surface area is 194 Å². The molecule has 0 bridgehead atoms. The van der Waals surface area contributed by atoms with Gasteiger partial charge < -0.3 is 20.9 Å². The van der Waals surface area contributed by atoms with Gasteiger partial charge in [-0.25, -0.2) is 0 Å². The molecule has 4 rings (SSSR count). The molecular formula is C25H32ClN5O. The van der Waals surface area contributed by atoms with Crippen LogP contribution in [0.15, 0.2) is 42.5 Å². The Morgan fingerprint density at radius 2 is 1.97 bits per heavy atom. The number of fused-ring (bicyclic) bond motifs is 3. The fourth-order valence-electron chi connectivity index (χ4n) is 4.47. The van der Waals surface area contributed by atoms with Gasteiger partial charge in [-0.2, -0.15) is 0 Å². The molecule has 6 nitrogen and oxygen atoms in total. The Hall–Kier alpha value is -2.54. The Kier molecular flexibility index (Phi) is 7.04. The number of aromatic nitrogens is 1. The van der Waals surface area contributed by atoms with Gasteiger partial charge in [0.1, 0.15) is 6.29 Å². The number of benzene rings is 2. The first kappa shape index (κ1) is 22.6. The number of rotatable bonds is 9. The average molecular weight is 454 g/mol. The number of anilines is 1. The molecule has 1 unspecified atom stereocenters. The summed E-state index contributed by atoms with van der Waals surface area (Å²) >= 11 is 5.97. The van der Waals surface area contributed by atoms with E-state index in [1.807, 2.05) is 28.9 Å². The second-order valence-corrected chi connectivity index (χ2v) is 9.18. The van der Waals surface area contributed by atoms with Gasteiger partial charge in [0.2, 0.25) is 0 Å². The highest BCUT2D eigenvalue weighted by Crippen LogP contribution is 2.30. The molecule has 170 valence electrons. The van der Waals surface area contributed by atoms with Crippen LogP contribution >= 0.6 is 11.6 Å². The van der Waals surface area contributed by atoms with Crippen LogP contribution in [0.1, 0.15) is 23.7 Å². The van der Waals surface area contributed by atoms with Crippen molar-refractivity contribution >= 4 is 34.5 Å². The maximum Gasteiger partial charge on any atom is 0.133 e. The van der Waals surface area contributed by atoms with Crippen molar-refractivity contribution in [3.63, 3.8) is 0 Å². The first-order chi connectivity index (χ1) is 15.5. The Morgan fingerprint density at radius 3 is 2.72 bits per heavy atom. The highest BCUT2D eigenvalue weighted by atomic mass is 35.5. The van der Waals surface area contributed by atoms with E-state index in [-0.39, 0.29) is 0 Å². The van der Waals surface area contributed by atoms with Crippen LogP contribution in [0, 0.1) is 0 Å². The number of nitrogens with two attached hydrogens (primary N) is 1. The molecule has 0 saturated carbocycles. The molecule has 1 atom stereocenters. The van der Waals surface area contributed by atoms with Crippen LogP contribution in [-0.2, 0) is 24.2 Å². The molecule has 1 aliphatic heterocycles. The third-order valence-electron chi connectivity index (χ3n) is 6.49. The topological polar surface area (TPSA) is 66.5 Å². The number of halogens is 1. The number of hydrogen-bond acceptors (Lipinski definition) is 5. The molecule has 1 aromatic heterocycles. The number of nitrogen functional groups attached to an aromatic ring is 1. The minimum Gasteiger partial charge on any atom is -0.373 e. The molecule has 1 aliphatic rings. The van der Waals surface area contributed by atoms with Gasteiger partial charge in [-0.1, -0.05) is 29.8 Å². The van der Waals surface area contributed by atoms with Crippen molar-refractivity contribution in [3.05, 3.63) is 64.3 Å². The van der Waals surface area contributed by atoms with E-state index < -0.39 is 0 Å². The predicted molar refractivity (Wildman–Crippen MR) is 133 cm³/mol. The Morgan fingerprint density at radius 1 is 1.19 bits per heavy atom. The van der Waals surface area contributed by atoms with E-state index in [9.17, 15) is 4.79 Å². The molecule has 0 amide bonds. The summed E-state index contributed by atoms with van der Waals surface area (Å²) in [6.45, 7) is 5.95. The van der Waals surface area contributed by atoms with E-state index in [0.717, 1.165) is 61.5 Å². The van der Waals surface area contributed by atoms with Crippen molar-refractivity contribution in [2.75, 3.05) is 44.0 Å². The molecule has 0 spiro atoms. The van der Waals surface area contributed by atoms with Gasteiger partial charge in [-0.15, -0.1) is 0 Å². The van der Waals surface area contributed by atoms with Crippen molar-refractivity contribution in [1.29, 1.82) is 0 Å². The first-order valence-corrected chi connectivity index (χ1v) is 11.6. The van der Waals surface area contributed by atoms with E-state index >= 15 is 0 Å². The lowest BCUT2D eigenvalue weighted by molar-refractivity contribution is -0.108. The van der Waals surface area contributed by atoms with Gasteiger partial charge >= 0.3 is 0 Å². The fourth-order valence-corrected chi connectivity index (χ4v) is 4.60. The molecule has 3 N–H and O–H groups in total. The molecule has 0 fully saturated rings. The van der Waals surface area contributed by atoms with Crippen LogP contribution in [-0.4, -0.2) is 55.1 Å². The fraction of sp³-hybridized carbons (Fsp3) is 0.400. The molecule has 0 radical (unpaired) electrons. The Balaban J connectivity index is 1.41. The summed E-state index contributed by atoms with van der Waals surface area (Å²) in [4.78, 5) is 15.6. The summed E-state index contributed by atoms with van der Waals surface area (Å²) < 4.78 is 1.87. The monoisotopic (exact) mass is 453 g/mol. The molecule has 0 saturated heterocycles. The molecule has 7 heteroatoms. The van der Waals surface area contributed by atoms with Crippen molar-refractivity contribution in [2.24, 2.45) is 0 Å². The summed E-state index contributed by atoms with van der Waals surface area (Å²) in [6.07, 6.45) is 2.81. The zero-order valence-electron chi connectivity index (χ0n) is 18.9. The molecular weight excluding hydrogens is 422 g/mol. The molecule has 3 aromatic rings. The van der Waals surface area contributed by atoms with Gasteiger partial charge in [-0.3, -0.25) is 9.58 Å². The zero-order valence-corrected chi connectivity index (χ0v) is 19.6. The van der Waals surface area contributed by atoms with Gasteiger partial charge in [0.05, 0.1) is 12.1 Å². The lowest BCUT2D eigenvalue weighted by Crippen LogP contribution is -2.35. The second kappa shape index (κ2) is 9.94. The van der Waals surface area contributed by atoms with Crippen molar-refractivity contribution in [3.8, 4) is 0 Å². The zero-order chi connectivity index (χ0) is 22.7. The van der Waals surface area contributed by atoms with Gasteiger partial charge in [0.25, 0.3) is 0 Å². The van der Waals surface area contributed by atoms with Crippen LogP contribution in [0.4, 0.5) is 5.69 Å². The van der Waals surface area contributed by atoms with E-state index in [1.165, 1.54) is 22.2 Å². The minimum absolute atomic E-state index is 0.435. The van der Waals surface area contributed by atoms with Crippen molar-refractivity contribution in [1.82, 2.24) is 14.9 Å². The Bertz CT molecular complexity index is 1080.